The van der Waals surface area contributed by atoms with Gasteiger partial charge in [-0.2, -0.15) is 0 Å². The third kappa shape index (κ3) is 3.60. The maximum Gasteiger partial charge on any atom is 0.242 e. The Bertz CT molecular complexity index is 826. The van der Waals surface area contributed by atoms with Gasteiger partial charge >= 0.3 is 0 Å². The van der Waals surface area contributed by atoms with Crippen molar-refractivity contribution in [3.8, 4) is 5.88 Å². The van der Waals surface area contributed by atoms with E-state index < -0.39 is 6.04 Å². The van der Waals surface area contributed by atoms with E-state index in [0.29, 0.717) is 31.0 Å². The van der Waals surface area contributed by atoms with E-state index in [9.17, 15) is 9.59 Å². The van der Waals surface area contributed by atoms with Crippen LogP contribution in [0.4, 0.5) is 0 Å². The van der Waals surface area contributed by atoms with Crippen molar-refractivity contribution < 1.29 is 14.3 Å². The van der Waals surface area contributed by atoms with E-state index >= 15 is 0 Å². The van der Waals surface area contributed by atoms with Gasteiger partial charge in [-0.3, -0.25) is 9.59 Å². The lowest BCUT2D eigenvalue weighted by molar-refractivity contribution is -0.138. The number of likely N-dealkylation sites (N-methyl/N-ethyl adjacent to an activating group) is 1. The van der Waals surface area contributed by atoms with Crippen LogP contribution in [0.5, 0.6) is 5.88 Å². The fraction of sp³-hybridized carbons (Fsp3) is 0.444. The van der Waals surface area contributed by atoms with Crippen molar-refractivity contribution in [3.63, 3.8) is 0 Å². The maximum absolute atomic E-state index is 12.7. The molecular weight excluding hydrogens is 334 g/mol. The van der Waals surface area contributed by atoms with E-state index in [4.69, 9.17) is 10.5 Å². The average Bonchev–Trinajstić information content (AvgIpc) is 3.06. The molecular formula is C18H23N5O3. The molecule has 0 bridgehead atoms. The molecule has 2 aromatic rings. The molecule has 0 radical (unpaired) electrons. The molecule has 3 rings (SSSR count). The molecule has 26 heavy (non-hydrogen) atoms. The molecule has 1 saturated heterocycles. The number of carbonyl (C=O) groups is 2. The summed E-state index contributed by atoms with van der Waals surface area (Å²) in [6.07, 6.45) is 1.07. The number of nitrogens with zero attached hydrogens (tertiary/aromatic N) is 3. The van der Waals surface area contributed by atoms with Gasteiger partial charge in [0.05, 0.1) is 18.1 Å². The summed E-state index contributed by atoms with van der Waals surface area (Å²) >= 11 is 0. The summed E-state index contributed by atoms with van der Waals surface area (Å²) in [6.45, 7) is 0.386. The number of likely N-dealkylation sites (tertiary alicyclic amines) is 1. The standard InChI is InChI=1S/C18H23N5O3/c1-20-17(25)15-9-11(19)10-23(15)16(24)8-7-14-18(26-2)22-13-6-4-3-5-12(13)21-14/h3-6,11,15H,7-10,19H2,1-2H3,(H,20,25)/t11-,15-/m0/s1. The van der Waals surface area contributed by atoms with Crippen LogP contribution in [0, 0.1) is 0 Å². The zero-order valence-corrected chi connectivity index (χ0v) is 14.9. The van der Waals surface area contributed by atoms with Crippen LogP contribution >= 0.6 is 0 Å². The Balaban J connectivity index is 1.74. The SMILES string of the molecule is CNC(=O)[C@@H]1C[C@H](N)CN1C(=O)CCc1nc2ccccc2nc1OC. The van der Waals surface area contributed by atoms with Gasteiger partial charge in [0.2, 0.25) is 17.7 Å². The van der Waals surface area contributed by atoms with E-state index in [1.165, 1.54) is 7.11 Å². The van der Waals surface area contributed by atoms with Crippen LogP contribution in [0.2, 0.25) is 0 Å². The highest BCUT2D eigenvalue weighted by molar-refractivity contribution is 5.88. The fourth-order valence-electron chi connectivity index (χ4n) is 3.27. The summed E-state index contributed by atoms with van der Waals surface area (Å²) in [7, 11) is 3.09. The van der Waals surface area contributed by atoms with Gasteiger partial charge in [-0.15, -0.1) is 0 Å². The van der Waals surface area contributed by atoms with E-state index in [0.717, 1.165) is 11.0 Å². The highest BCUT2D eigenvalue weighted by Crippen LogP contribution is 2.22. The number of nitrogens with one attached hydrogen (secondary N) is 1. The number of ether oxygens (including phenoxy) is 1. The number of fused-ring (bicyclic) bond motifs is 1. The van der Waals surface area contributed by atoms with E-state index in [1.54, 1.807) is 11.9 Å². The molecule has 1 fully saturated rings. The Hall–Kier alpha value is -2.74. The van der Waals surface area contributed by atoms with Gasteiger partial charge in [-0.1, -0.05) is 12.1 Å². The molecule has 3 N–H and O–H groups in total. The first-order chi connectivity index (χ1) is 12.5. The summed E-state index contributed by atoms with van der Waals surface area (Å²) in [5.41, 5.74) is 8.06. The second-order valence-corrected chi connectivity index (χ2v) is 6.34. The first-order valence-electron chi connectivity index (χ1n) is 8.59. The largest absolute Gasteiger partial charge is 0.480 e. The number of para-hydroxylation sites is 2. The van der Waals surface area contributed by atoms with Gasteiger partial charge in [-0.25, -0.2) is 9.97 Å². The predicted octanol–water partition coefficient (Wildman–Crippen LogP) is 0.245. The molecule has 1 aromatic heterocycles. The zero-order valence-electron chi connectivity index (χ0n) is 14.9. The van der Waals surface area contributed by atoms with Gasteiger partial charge < -0.3 is 20.7 Å². The minimum Gasteiger partial charge on any atom is -0.480 e. The van der Waals surface area contributed by atoms with Gasteiger partial charge in [0.15, 0.2) is 0 Å². The molecule has 2 amide bonds. The number of nitrogens with two attached hydrogens (primary N) is 1. The summed E-state index contributed by atoms with van der Waals surface area (Å²) in [6, 6.07) is 6.81. The highest BCUT2D eigenvalue weighted by Gasteiger charge is 2.37. The number of carbonyl (C=O) groups excluding carboxylic acids is 2. The molecule has 0 aliphatic carbocycles. The lowest BCUT2D eigenvalue weighted by Gasteiger charge is -2.23. The Kier molecular flexibility index (Phi) is 5.32. The topological polar surface area (TPSA) is 110 Å². The number of hydrogen-bond acceptors (Lipinski definition) is 6. The van der Waals surface area contributed by atoms with Crippen molar-refractivity contribution in [2.75, 3.05) is 20.7 Å². The maximum atomic E-state index is 12.7. The van der Waals surface area contributed by atoms with Crippen LogP contribution in [0.25, 0.3) is 11.0 Å². The number of aromatic nitrogens is 2. The van der Waals surface area contributed by atoms with Gasteiger partial charge in [0.1, 0.15) is 11.7 Å². The second-order valence-electron chi connectivity index (χ2n) is 6.34. The highest BCUT2D eigenvalue weighted by atomic mass is 16.5. The molecule has 1 aliphatic heterocycles. The fourth-order valence-corrected chi connectivity index (χ4v) is 3.27. The van der Waals surface area contributed by atoms with Crippen molar-refractivity contribution >= 4 is 22.8 Å². The molecule has 0 unspecified atom stereocenters. The Morgan fingerprint density at radius 2 is 2.00 bits per heavy atom. The first-order valence-corrected chi connectivity index (χ1v) is 8.59. The van der Waals surface area contributed by atoms with Crippen LogP contribution in [-0.4, -0.2) is 59.5 Å². The molecule has 0 spiro atoms. The monoisotopic (exact) mass is 357 g/mol. The normalized spacial score (nSPS) is 19.6. The Morgan fingerprint density at radius 3 is 2.65 bits per heavy atom. The summed E-state index contributed by atoms with van der Waals surface area (Å²) < 4.78 is 5.32. The predicted molar refractivity (Wildman–Crippen MR) is 96.6 cm³/mol. The number of aryl methyl sites for hydroxylation is 1. The molecule has 2 heterocycles. The smallest absolute Gasteiger partial charge is 0.242 e. The number of amides is 2. The van der Waals surface area contributed by atoms with E-state index in [1.807, 2.05) is 24.3 Å². The van der Waals surface area contributed by atoms with Crippen molar-refractivity contribution in [3.05, 3.63) is 30.0 Å². The quantitative estimate of drug-likeness (QED) is 0.793. The van der Waals surface area contributed by atoms with Gasteiger partial charge in [-0.05, 0) is 18.6 Å². The first kappa shape index (κ1) is 18.1. The number of methoxy groups -OCH3 is 1. The van der Waals surface area contributed by atoms with Crippen LogP contribution in [0.3, 0.4) is 0 Å². The minimum atomic E-state index is -0.507. The van der Waals surface area contributed by atoms with Gasteiger partial charge in [0, 0.05) is 32.5 Å². The van der Waals surface area contributed by atoms with Crippen LogP contribution in [-0.2, 0) is 16.0 Å². The molecule has 8 nitrogen and oxygen atoms in total. The van der Waals surface area contributed by atoms with Crippen molar-refractivity contribution in [1.29, 1.82) is 0 Å². The van der Waals surface area contributed by atoms with E-state index in [-0.39, 0.29) is 24.3 Å². The third-order valence-electron chi connectivity index (χ3n) is 4.58. The summed E-state index contributed by atoms with van der Waals surface area (Å²) in [5.74, 6) is 0.107. The van der Waals surface area contributed by atoms with Crippen LogP contribution in [0.1, 0.15) is 18.5 Å². The number of rotatable bonds is 5. The van der Waals surface area contributed by atoms with Crippen molar-refractivity contribution in [2.24, 2.45) is 5.73 Å². The number of benzene rings is 1. The molecule has 8 heteroatoms. The lowest BCUT2D eigenvalue weighted by atomic mass is 10.1. The van der Waals surface area contributed by atoms with E-state index in [2.05, 4.69) is 15.3 Å². The molecule has 1 aromatic carbocycles. The average molecular weight is 357 g/mol. The zero-order chi connectivity index (χ0) is 18.7. The summed E-state index contributed by atoms with van der Waals surface area (Å²) in [5, 5.41) is 2.59. The number of hydrogen-bond donors (Lipinski definition) is 2. The Labute approximate surface area is 151 Å². The van der Waals surface area contributed by atoms with Crippen molar-refractivity contribution in [1.82, 2.24) is 20.2 Å². The second kappa shape index (κ2) is 7.65. The van der Waals surface area contributed by atoms with Gasteiger partial charge in [0.25, 0.3) is 0 Å². The lowest BCUT2D eigenvalue weighted by Crippen LogP contribution is -2.45. The molecule has 2 atom stereocenters. The minimum absolute atomic E-state index is 0.122. The summed E-state index contributed by atoms with van der Waals surface area (Å²) in [4.78, 5) is 35.2. The van der Waals surface area contributed by atoms with Crippen molar-refractivity contribution in [2.45, 2.75) is 31.3 Å². The van der Waals surface area contributed by atoms with Crippen LogP contribution < -0.4 is 15.8 Å². The molecule has 138 valence electrons. The Morgan fingerprint density at radius 1 is 1.31 bits per heavy atom. The van der Waals surface area contributed by atoms with Crippen LogP contribution in [0.15, 0.2) is 24.3 Å². The third-order valence-corrected chi connectivity index (χ3v) is 4.58. The molecule has 0 saturated carbocycles. The molecule has 1 aliphatic rings.